The van der Waals surface area contributed by atoms with Gasteiger partial charge in [-0.1, -0.05) is 38.5 Å². The Morgan fingerprint density at radius 3 is 2.86 bits per heavy atom. The van der Waals surface area contributed by atoms with Gasteiger partial charge in [-0.25, -0.2) is 0 Å². The van der Waals surface area contributed by atoms with E-state index in [9.17, 15) is 4.79 Å². The Kier molecular flexibility index (Phi) is 4.29. The second kappa shape index (κ2) is 6.06. The highest BCUT2D eigenvalue weighted by atomic mass is 16.5. The van der Waals surface area contributed by atoms with Crippen LogP contribution in [-0.4, -0.2) is 13.1 Å². The molecule has 1 fully saturated rings. The van der Waals surface area contributed by atoms with Gasteiger partial charge in [0.05, 0.1) is 13.5 Å². The lowest BCUT2D eigenvalue weighted by Crippen LogP contribution is -2.38. The van der Waals surface area contributed by atoms with E-state index < -0.39 is 0 Å². The molecule has 2 aliphatic rings. The smallest absolute Gasteiger partial charge is 0.306 e. The van der Waals surface area contributed by atoms with Crippen molar-refractivity contribution in [3.8, 4) is 0 Å². The summed E-state index contributed by atoms with van der Waals surface area (Å²) in [6.45, 7) is 4.51. The maximum absolute atomic E-state index is 12.0. The van der Waals surface area contributed by atoms with Gasteiger partial charge in [-0.05, 0) is 66.0 Å². The molecule has 3 unspecified atom stereocenters. The number of hydrogen-bond acceptors (Lipinski definition) is 2. The van der Waals surface area contributed by atoms with Crippen molar-refractivity contribution in [2.75, 3.05) is 7.11 Å². The van der Waals surface area contributed by atoms with Crippen molar-refractivity contribution >= 4 is 5.97 Å². The van der Waals surface area contributed by atoms with Crippen molar-refractivity contribution in [1.29, 1.82) is 0 Å². The summed E-state index contributed by atoms with van der Waals surface area (Å²) in [7, 11) is 1.52. The predicted molar refractivity (Wildman–Crippen MR) is 89.0 cm³/mol. The number of benzene rings is 1. The average Bonchev–Trinajstić information content (AvgIpc) is 2.94. The fourth-order valence-electron chi connectivity index (χ4n) is 5.16. The highest BCUT2D eigenvalue weighted by molar-refractivity contribution is 5.70. The van der Waals surface area contributed by atoms with E-state index in [1.165, 1.54) is 31.9 Å². The van der Waals surface area contributed by atoms with Gasteiger partial charge in [0.1, 0.15) is 0 Å². The Labute approximate surface area is 134 Å². The first kappa shape index (κ1) is 15.6. The molecule has 1 aromatic carbocycles. The molecule has 3 atom stereocenters. The number of aryl methyl sites for hydroxylation is 1. The third-order valence-electron chi connectivity index (χ3n) is 6.40. The summed E-state index contributed by atoms with van der Waals surface area (Å²) < 4.78 is 5.01. The van der Waals surface area contributed by atoms with Gasteiger partial charge in [0.2, 0.25) is 0 Å². The molecule has 0 heterocycles. The molecule has 22 heavy (non-hydrogen) atoms. The van der Waals surface area contributed by atoms with Crippen LogP contribution in [-0.2, 0) is 22.4 Å². The second-order valence-electron chi connectivity index (χ2n) is 7.12. The van der Waals surface area contributed by atoms with Gasteiger partial charge in [0, 0.05) is 0 Å². The quantitative estimate of drug-likeness (QED) is 0.757. The van der Waals surface area contributed by atoms with Crippen LogP contribution in [0.5, 0.6) is 0 Å². The molecule has 0 bridgehead atoms. The minimum Gasteiger partial charge on any atom is -0.469 e. The predicted octanol–water partition coefficient (Wildman–Crippen LogP) is 4.65. The van der Waals surface area contributed by atoms with Gasteiger partial charge >= 0.3 is 5.97 Å². The minimum atomic E-state index is -0.0332. The summed E-state index contributed by atoms with van der Waals surface area (Å²) in [6, 6.07) is 6.84. The molecule has 0 amide bonds. The molecule has 0 aromatic heterocycles. The van der Waals surface area contributed by atoms with Crippen LogP contribution < -0.4 is 0 Å². The third kappa shape index (κ3) is 2.37. The zero-order chi connectivity index (χ0) is 15.7. The van der Waals surface area contributed by atoms with Gasteiger partial charge < -0.3 is 4.74 Å². The summed E-state index contributed by atoms with van der Waals surface area (Å²) >= 11 is 0. The van der Waals surface area contributed by atoms with Crippen LogP contribution in [0, 0.1) is 11.3 Å². The van der Waals surface area contributed by atoms with Gasteiger partial charge in [-0.3, -0.25) is 4.79 Å². The average molecular weight is 300 g/mol. The molecule has 0 aliphatic heterocycles. The van der Waals surface area contributed by atoms with Crippen LogP contribution in [0.2, 0.25) is 0 Å². The Balaban J connectivity index is 1.97. The summed E-state index contributed by atoms with van der Waals surface area (Å²) in [5.74, 6) is 1.24. The fourth-order valence-corrected chi connectivity index (χ4v) is 5.16. The zero-order valence-electron chi connectivity index (χ0n) is 14.2. The van der Waals surface area contributed by atoms with Gasteiger partial charge in [-0.2, -0.15) is 0 Å². The van der Waals surface area contributed by atoms with Crippen molar-refractivity contribution in [3.63, 3.8) is 0 Å². The first-order valence-electron chi connectivity index (χ1n) is 8.82. The van der Waals surface area contributed by atoms with Crippen LogP contribution in [0.25, 0.3) is 0 Å². The largest absolute Gasteiger partial charge is 0.469 e. The van der Waals surface area contributed by atoms with Crippen LogP contribution >= 0.6 is 0 Å². The summed E-state index contributed by atoms with van der Waals surface area (Å²) in [5, 5.41) is 0. The minimum absolute atomic E-state index is 0.0332. The standard InChI is InChI=1S/C20H28O2/c1-4-14-8-6-9-15-16-10-7-11-20(5-2,13-19(21)22-3)18(16)12-17(14)15/h6,8-9,16,18H,4-5,7,10-13H2,1-3H3. The SMILES string of the molecule is CCc1cccc2c1CC1C2CCCC1(CC)CC(=O)OC. The molecule has 0 spiro atoms. The lowest BCUT2D eigenvalue weighted by atomic mass is 9.59. The third-order valence-corrected chi connectivity index (χ3v) is 6.40. The molecular formula is C20H28O2. The number of esters is 1. The lowest BCUT2D eigenvalue weighted by Gasteiger charge is -2.45. The maximum Gasteiger partial charge on any atom is 0.306 e. The highest BCUT2D eigenvalue weighted by Crippen LogP contribution is 2.58. The van der Waals surface area contributed by atoms with E-state index >= 15 is 0 Å². The number of hydrogen-bond donors (Lipinski definition) is 0. The van der Waals surface area contributed by atoms with E-state index in [-0.39, 0.29) is 11.4 Å². The molecule has 2 nitrogen and oxygen atoms in total. The van der Waals surface area contributed by atoms with E-state index in [0.29, 0.717) is 18.3 Å². The van der Waals surface area contributed by atoms with Gasteiger partial charge in [-0.15, -0.1) is 0 Å². The number of fused-ring (bicyclic) bond motifs is 3. The van der Waals surface area contributed by atoms with Crippen LogP contribution in [0.15, 0.2) is 18.2 Å². The maximum atomic E-state index is 12.0. The van der Waals surface area contributed by atoms with E-state index in [2.05, 4.69) is 32.0 Å². The summed E-state index contributed by atoms with van der Waals surface area (Å²) in [5.41, 5.74) is 4.81. The number of methoxy groups -OCH3 is 1. The molecule has 2 aliphatic carbocycles. The second-order valence-corrected chi connectivity index (χ2v) is 7.12. The fraction of sp³-hybridized carbons (Fsp3) is 0.650. The zero-order valence-corrected chi connectivity index (χ0v) is 14.2. The number of ether oxygens (including phenoxy) is 1. The highest BCUT2D eigenvalue weighted by Gasteiger charge is 2.49. The van der Waals surface area contributed by atoms with Gasteiger partial charge in [0.15, 0.2) is 0 Å². The number of carbonyl (C=O) groups is 1. The molecule has 0 saturated heterocycles. The molecular weight excluding hydrogens is 272 g/mol. The van der Waals surface area contributed by atoms with Crippen LogP contribution in [0.4, 0.5) is 0 Å². The topological polar surface area (TPSA) is 26.3 Å². The van der Waals surface area contributed by atoms with Crippen LogP contribution in [0.1, 0.15) is 68.6 Å². The van der Waals surface area contributed by atoms with Crippen molar-refractivity contribution < 1.29 is 9.53 Å². The Morgan fingerprint density at radius 2 is 2.18 bits per heavy atom. The summed E-state index contributed by atoms with van der Waals surface area (Å²) in [6.07, 6.45) is 7.65. The molecule has 1 saturated carbocycles. The van der Waals surface area contributed by atoms with Crippen molar-refractivity contribution in [3.05, 3.63) is 34.9 Å². The lowest BCUT2D eigenvalue weighted by molar-refractivity contribution is -0.145. The van der Waals surface area contributed by atoms with Crippen molar-refractivity contribution in [1.82, 2.24) is 0 Å². The molecule has 0 radical (unpaired) electrons. The normalized spacial score (nSPS) is 29.8. The first-order chi connectivity index (χ1) is 10.6. The molecule has 0 N–H and O–H groups in total. The number of carbonyl (C=O) groups excluding carboxylic acids is 1. The van der Waals surface area contributed by atoms with Crippen LogP contribution in [0.3, 0.4) is 0 Å². The van der Waals surface area contributed by atoms with Gasteiger partial charge in [0.25, 0.3) is 0 Å². The van der Waals surface area contributed by atoms with E-state index in [4.69, 9.17) is 4.74 Å². The van der Waals surface area contributed by atoms with E-state index in [0.717, 1.165) is 19.3 Å². The summed E-state index contributed by atoms with van der Waals surface area (Å²) in [4.78, 5) is 12.0. The molecule has 3 rings (SSSR count). The van der Waals surface area contributed by atoms with Crippen molar-refractivity contribution in [2.24, 2.45) is 11.3 Å². The molecule has 1 aromatic rings. The Bertz CT molecular complexity index is 563. The molecule has 120 valence electrons. The van der Waals surface area contributed by atoms with E-state index in [1.54, 1.807) is 11.1 Å². The molecule has 2 heteroatoms. The van der Waals surface area contributed by atoms with Crippen molar-refractivity contribution in [2.45, 2.75) is 64.7 Å². The first-order valence-corrected chi connectivity index (χ1v) is 8.82. The number of rotatable bonds is 4. The Morgan fingerprint density at radius 1 is 1.36 bits per heavy atom. The Hall–Kier alpha value is -1.31. The monoisotopic (exact) mass is 300 g/mol. The van der Waals surface area contributed by atoms with E-state index in [1.807, 2.05) is 0 Å².